The maximum atomic E-state index is 13.3. The number of methoxy groups -OCH3 is 2. The van der Waals surface area contributed by atoms with Crippen molar-refractivity contribution in [3.63, 3.8) is 0 Å². The topological polar surface area (TPSA) is 148 Å². The summed E-state index contributed by atoms with van der Waals surface area (Å²) in [5.74, 6) is -4.85. The number of nitriles is 4. The summed E-state index contributed by atoms with van der Waals surface area (Å²) in [5.41, 5.74) is -1.57. The molecule has 0 aromatic heterocycles. The average Bonchev–Trinajstić information content (AvgIpc) is 2.99. The molecule has 2 aliphatic rings. The van der Waals surface area contributed by atoms with Gasteiger partial charge in [-0.25, -0.2) is 9.59 Å². The molecule has 0 radical (unpaired) electrons. The van der Waals surface area contributed by atoms with Crippen LogP contribution < -0.4 is 0 Å². The van der Waals surface area contributed by atoms with E-state index in [-0.39, 0.29) is 10.5 Å². The maximum absolute atomic E-state index is 13.3. The van der Waals surface area contributed by atoms with Crippen LogP contribution in [0.4, 0.5) is 0 Å². The monoisotopic (exact) mass is 548 g/mol. The van der Waals surface area contributed by atoms with E-state index in [1.54, 1.807) is 42.5 Å². The van der Waals surface area contributed by atoms with Gasteiger partial charge in [-0.3, -0.25) is 0 Å². The number of nitrogens with zero attached hydrogens (tertiary/aromatic N) is 4. The lowest BCUT2D eigenvalue weighted by molar-refractivity contribution is -0.139. The van der Waals surface area contributed by atoms with Gasteiger partial charge < -0.3 is 9.47 Å². The number of esters is 2. The van der Waals surface area contributed by atoms with Gasteiger partial charge in [0.05, 0.1) is 44.1 Å². The van der Waals surface area contributed by atoms with E-state index in [0.717, 1.165) is 30.0 Å². The van der Waals surface area contributed by atoms with E-state index in [1.807, 2.05) is 26.0 Å². The third-order valence-electron chi connectivity index (χ3n) is 7.66. The number of rotatable bonds is 4. The van der Waals surface area contributed by atoms with Crippen molar-refractivity contribution in [3.8, 4) is 24.3 Å². The number of fused-ring (bicyclic) bond motifs is 1. The molecule has 3 atom stereocenters. The maximum Gasteiger partial charge on any atom is 0.345 e. The first kappa shape index (κ1) is 28.2. The van der Waals surface area contributed by atoms with E-state index < -0.39 is 40.5 Å². The van der Waals surface area contributed by atoms with Crippen molar-refractivity contribution in [1.82, 2.24) is 0 Å². The van der Waals surface area contributed by atoms with E-state index in [4.69, 9.17) is 9.47 Å². The second-order valence-corrected chi connectivity index (χ2v) is 10.8. The van der Waals surface area contributed by atoms with E-state index in [9.17, 15) is 30.6 Å². The fraction of sp³-hybridized carbons (Fsp3) is 0.290. The van der Waals surface area contributed by atoms with Crippen molar-refractivity contribution >= 4 is 23.7 Å². The van der Waals surface area contributed by atoms with Crippen LogP contribution in [0.3, 0.4) is 0 Å². The van der Waals surface area contributed by atoms with Crippen LogP contribution >= 0.6 is 11.8 Å². The zero-order valence-corrected chi connectivity index (χ0v) is 23.1. The highest BCUT2D eigenvalue weighted by Crippen LogP contribution is 2.67. The van der Waals surface area contributed by atoms with Crippen LogP contribution in [0.5, 0.6) is 0 Å². The Bertz CT molecular complexity index is 1580. The highest BCUT2D eigenvalue weighted by molar-refractivity contribution is 8.07. The summed E-state index contributed by atoms with van der Waals surface area (Å²) in [6.45, 7) is 3.77. The molecular formula is C31H24N4O4S. The van der Waals surface area contributed by atoms with Crippen molar-refractivity contribution in [2.75, 3.05) is 14.2 Å². The van der Waals surface area contributed by atoms with Crippen molar-refractivity contribution in [2.24, 2.45) is 16.7 Å². The summed E-state index contributed by atoms with van der Waals surface area (Å²) in [5, 5.41) is 42.8. The minimum atomic E-state index is -2.25. The van der Waals surface area contributed by atoms with Crippen LogP contribution in [0.25, 0.3) is 0 Å². The Morgan fingerprint density at radius 2 is 1.23 bits per heavy atom. The molecule has 40 heavy (non-hydrogen) atoms. The normalized spacial score (nSPS) is 22.2. The molecule has 3 unspecified atom stereocenters. The highest BCUT2D eigenvalue weighted by Gasteiger charge is 2.69. The quantitative estimate of drug-likeness (QED) is 0.476. The van der Waals surface area contributed by atoms with Crippen LogP contribution in [-0.2, 0) is 19.1 Å². The molecule has 8 nitrogen and oxygen atoms in total. The Labute approximate surface area is 236 Å². The molecule has 2 aromatic carbocycles. The van der Waals surface area contributed by atoms with Crippen LogP contribution in [0.2, 0.25) is 0 Å². The Kier molecular flexibility index (Phi) is 7.57. The van der Waals surface area contributed by atoms with Gasteiger partial charge in [0.1, 0.15) is 4.91 Å². The molecule has 0 amide bonds. The average molecular weight is 549 g/mol. The lowest BCUT2D eigenvalue weighted by atomic mass is 9.48. The molecule has 0 saturated carbocycles. The van der Waals surface area contributed by atoms with Crippen LogP contribution in [0.1, 0.15) is 34.1 Å². The number of ether oxygens (including phenoxy) is 2. The fourth-order valence-electron chi connectivity index (χ4n) is 5.60. The van der Waals surface area contributed by atoms with Crippen LogP contribution in [0, 0.1) is 75.9 Å². The number of hydrogen-bond acceptors (Lipinski definition) is 9. The van der Waals surface area contributed by atoms with Gasteiger partial charge in [-0.2, -0.15) is 21.0 Å². The van der Waals surface area contributed by atoms with Gasteiger partial charge in [-0.15, -0.1) is 0 Å². The largest absolute Gasteiger partial charge is 0.466 e. The van der Waals surface area contributed by atoms with Gasteiger partial charge in [0.25, 0.3) is 0 Å². The minimum absolute atomic E-state index is 0.0451. The first-order chi connectivity index (χ1) is 19.2. The molecule has 0 spiro atoms. The molecule has 1 aliphatic carbocycles. The predicted octanol–water partition coefficient (Wildman–Crippen LogP) is 5.10. The molecule has 9 heteroatoms. The lowest BCUT2D eigenvalue weighted by Crippen LogP contribution is -2.53. The number of benzene rings is 2. The molecule has 2 aromatic rings. The number of aryl methyl sites for hydroxylation is 2. The SMILES string of the molecule is COC(=O)C1=C(C(=O)OC)C(c2ccc(C)cc2)C2C(=CC(c3ccc(C)cc3)C(C#N)(C#N)C2(C#N)C#N)S1. The zero-order valence-electron chi connectivity index (χ0n) is 22.3. The van der Waals surface area contributed by atoms with E-state index in [2.05, 4.69) is 24.3 Å². The van der Waals surface area contributed by atoms with Crippen molar-refractivity contribution < 1.29 is 19.1 Å². The summed E-state index contributed by atoms with van der Waals surface area (Å²) < 4.78 is 10.1. The summed E-state index contributed by atoms with van der Waals surface area (Å²) in [4.78, 5) is 26.7. The van der Waals surface area contributed by atoms with Gasteiger partial charge >= 0.3 is 11.9 Å². The molecule has 0 saturated heterocycles. The van der Waals surface area contributed by atoms with E-state index in [0.29, 0.717) is 16.0 Å². The van der Waals surface area contributed by atoms with Crippen molar-refractivity contribution in [2.45, 2.75) is 25.7 Å². The standard InChI is InChI=1S/C31H24N4O4S/c1-18-5-9-20(10-6-18)22-13-23-26(31(16-34,17-35)30(22,14-32)15-33)24(21-11-7-19(2)8-12-21)25(28(36)38-3)27(40-23)29(37)39-4/h5-13,22,24,26H,1-4H3. The Hall–Kier alpha value is -4.83. The van der Waals surface area contributed by atoms with Crippen molar-refractivity contribution in [3.05, 3.63) is 92.2 Å². The molecule has 0 N–H and O–H groups in total. The summed E-state index contributed by atoms with van der Waals surface area (Å²) in [7, 11) is 2.35. The lowest BCUT2D eigenvalue weighted by Gasteiger charge is -2.50. The summed E-state index contributed by atoms with van der Waals surface area (Å²) >= 11 is 0.902. The summed E-state index contributed by atoms with van der Waals surface area (Å²) in [6.07, 6.45) is 1.68. The molecule has 4 rings (SSSR count). The van der Waals surface area contributed by atoms with Crippen molar-refractivity contribution in [1.29, 1.82) is 21.0 Å². The highest BCUT2D eigenvalue weighted by atomic mass is 32.2. The fourth-order valence-corrected chi connectivity index (χ4v) is 6.96. The molecule has 0 fully saturated rings. The smallest absolute Gasteiger partial charge is 0.345 e. The van der Waals surface area contributed by atoms with Crippen LogP contribution in [-0.4, -0.2) is 26.2 Å². The Morgan fingerprint density at radius 1 is 0.750 bits per heavy atom. The minimum Gasteiger partial charge on any atom is -0.466 e. The molecule has 0 bridgehead atoms. The summed E-state index contributed by atoms with van der Waals surface area (Å²) in [6, 6.07) is 22.4. The van der Waals surface area contributed by atoms with Gasteiger partial charge in [-0.05, 0) is 29.9 Å². The molecule has 1 aliphatic heterocycles. The molecular weight excluding hydrogens is 524 g/mol. The number of allylic oxidation sites excluding steroid dienone is 2. The van der Waals surface area contributed by atoms with Gasteiger partial charge in [0.2, 0.25) is 0 Å². The second kappa shape index (κ2) is 10.7. The third kappa shape index (κ3) is 4.04. The molecule has 198 valence electrons. The predicted molar refractivity (Wildman–Crippen MR) is 145 cm³/mol. The van der Waals surface area contributed by atoms with Gasteiger partial charge in [0.15, 0.2) is 10.8 Å². The Morgan fingerprint density at radius 3 is 1.68 bits per heavy atom. The first-order valence-electron chi connectivity index (χ1n) is 12.3. The molecule has 1 heterocycles. The van der Waals surface area contributed by atoms with E-state index >= 15 is 0 Å². The third-order valence-corrected chi connectivity index (χ3v) is 8.87. The Balaban J connectivity index is 2.18. The van der Waals surface area contributed by atoms with Gasteiger partial charge in [0, 0.05) is 17.8 Å². The van der Waals surface area contributed by atoms with E-state index in [1.165, 1.54) is 7.11 Å². The zero-order chi connectivity index (χ0) is 29.2. The number of hydrogen-bond donors (Lipinski definition) is 0. The number of thioether (sulfide) groups is 1. The van der Waals surface area contributed by atoms with Gasteiger partial charge in [-0.1, -0.05) is 77.5 Å². The first-order valence-corrected chi connectivity index (χ1v) is 13.1. The van der Waals surface area contributed by atoms with Crippen LogP contribution in [0.15, 0.2) is 70.0 Å². The number of carbonyl (C=O) groups excluding carboxylic acids is 2. The second-order valence-electron chi connectivity index (χ2n) is 9.71. The number of carbonyl (C=O) groups is 2.